The van der Waals surface area contributed by atoms with Crippen LogP contribution in [0.3, 0.4) is 0 Å². The molecule has 0 spiro atoms. The summed E-state index contributed by atoms with van der Waals surface area (Å²) in [5.41, 5.74) is 0.839. The molecule has 0 amide bonds. The number of carbonyl (C=O) groups excluding carboxylic acids is 1. The summed E-state index contributed by atoms with van der Waals surface area (Å²) in [5.74, 6) is 0. The Hall–Kier alpha value is -0.950. The first-order valence-electron chi connectivity index (χ1n) is 4.29. The van der Waals surface area contributed by atoms with Gasteiger partial charge < -0.3 is 0 Å². The van der Waals surface area contributed by atoms with E-state index in [1.165, 1.54) is 11.6 Å². The number of aromatic nitrogens is 4. The molecule has 0 aliphatic heterocycles. The van der Waals surface area contributed by atoms with Crippen LogP contribution in [0.15, 0.2) is 35.5 Å². The second-order valence-electron chi connectivity index (χ2n) is 2.80. The molecule has 7 heteroatoms. The molecule has 0 saturated heterocycles. The molecule has 1 aromatic carbocycles. The largest absolute Gasteiger partial charge is 0.287 e. The van der Waals surface area contributed by atoms with Gasteiger partial charge in [-0.15, -0.1) is 5.10 Å². The van der Waals surface area contributed by atoms with Gasteiger partial charge in [0.05, 0.1) is 5.69 Å². The molecule has 0 atom stereocenters. The zero-order chi connectivity index (χ0) is 10.7. The van der Waals surface area contributed by atoms with Crippen LogP contribution in [0.2, 0.25) is 0 Å². The molecule has 1 aromatic heterocycles. The standard InChI is InChI=1S/C9H8N4OS.Ag/c1-7(14)15-9-10-11-12-13(9)8-5-3-2-4-6-8;/h2-6H,1H3;. The van der Waals surface area contributed by atoms with Crippen molar-refractivity contribution < 1.29 is 27.2 Å². The summed E-state index contributed by atoms with van der Waals surface area (Å²) in [5, 5.41) is 11.6. The van der Waals surface area contributed by atoms with Crippen LogP contribution in [-0.2, 0) is 27.2 Å². The van der Waals surface area contributed by atoms with Gasteiger partial charge in [0.25, 0.3) is 0 Å². The van der Waals surface area contributed by atoms with Crippen LogP contribution in [0.1, 0.15) is 6.92 Å². The Morgan fingerprint density at radius 2 is 2.00 bits per heavy atom. The third-order valence-electron chi connectivity index (χ3n) is 1.68. The molecule has 0 bridgehead atoms. The van der Waals surface area contributed by atoms with E-state index in [-0.39, 0.29) is 27.5 Å². The van der Waals surface area contributed by atoms with Gasteiger partial charge in [0.15, 0.2) is 5.12 Å². The average molecular weight is 328 g/mol. The van der Waals surface area contributed by atoms with Crippen LogP contribution in [0.25, 0.3) is 5.69 Å². The number of benzene rings is 1. The molecule has 2 rings (SSSR count). The number of para-hydroxylation sites is 1. The molecule has 16 heavy (non-hydrogen) atoms. The van der Waals surface area contributed by atoms with Crippen molar-refractivity contribution >= 4 is 16.9 Å². The molecule has 87 valence electrons. The molecule has 0 aliphatic rings. The fraction of sp³-hybridized carbons (Fsp3) is 0.111. The van der Waals surface area contributed by atoms with Crippen molar-refractivity contribution in [2.75, 3.05) is 0 Å². The first-order chi connectivity index (χ1) is 7.27. The minimum absolute atomic E-state index is 0. The van der Waals surface area contributed by atoms with Crippen LogP contribution in [-0.4, -0.2) is 25.3 Å². The van der Waals surface area contributed by atoms with E-state index in [9.17, 15) is 4.79 Å². The third kappa shape index (κ3) is 3.02. The van der Waals surface area contributed by atoms with E-state index in [0.29, 0.717) is 5.16 Å². The first-order valence-corrected chi connectivity index (χ1v) is 5.11. The van der Waals surface area contributed by atoms with Gasteiger partial charge in [-0.2, -0.15) is 4.68 Å². The maximum Gasteiger partial charge on any atom is 0.221 e. The van der Waals surface area contributed by atoms with E-state index in [2.05, 4.69) is 15.5 Å². The van der Waals surface area contributed by atoms with E-state index in [4.69, 9.17) is 0 Å². The van der Waals surface area contributed by atoms with Gasteiger partial charge in [0.2, 0.25) is 5.16 Å². The molecule has 2 aromatic rings. The first kappa shape index (κ1) is 13.1. The van der Waals surface area contributed by atoms with Gasteiger partial charge in [0.1, 0.15) is 0 Å². The maximum atomic E-state index is 10.9. The molecule has 0 unspecified atom stereocenters. The Kier molecular flexibility index (Phi) is 4.88. The zero-order valence-electron chi connectivity index (χ0n) is 8.29. The molecule has 5 nitrogen and oxygen atoms in total. The number of hydrogen-bond donors (Lipinski definition) is 0. The van der Waals surface area contributed by atoms with Crippen LogP contribution < -0.4 is 0 Å². The summed E-state index contributed by atoms with van der Waals surface area (Å²) in [7, 11) is 0. The predicted molar refractivity (Wildman–Crippen MR) is 55.7 cm³/mol. The number of thioether (sulfide) groups is 1. The fourth-order valence-corrected chi connectivity index (χ4v) is 1.67. The summed E-state index contributed by atoms with van der Waals surface area (Å²) in [6.07, 6.45) is 0. The predicted octanol–water partition coefficient (Wildman–Crippen LogP) is 1.30. The number of carbonyl (C=O) groups is 1. The van der Waals surface area contributed by atoms with Gasteiger partial charge in [-0.3, -0.25) is 4.79 Å². The van der Waals surface area contributed by atoms with Crippen molar-refractivity contribution in [3.63, 3.8) is 0 Å². The molecule has 0 aliphatic carbocycles. The summed E-state index contributed by atoms with van der Waals surface area (Å²) in [6.45, 7) is 1.48. The second kappa shape index (κ2) is 5.95. The SMILES string of the molecule is CC(=O)Sc1nnnn1-c1ccccc1.[Ag]. The Morgan fingerprint density at radius 3 is 2.62 bits per heavy atom. The van der Waals surface area contributed by atoms with Crippen LogP contribution in [0.4, 0.5) is 0 Å². The Morgan fingerprint density at radius 1 is 1.31 bits per heavy atom. The number of rotatable bonds is 2. The summed E-state index contributed by atoms with van der Waals surface area (Å²) >= 11 is 1.01. The molecule has 0 saturated carbocycles. The van der Waals surface area contributed by atoms with Gasteiger partial charge in [-0.1, -0.05) is 18.2 Å². The average Bonchev–Trinajstić information content (AvgIpc) is 2.66. The number of nitrogens with zero attached hydrogens (tertiary/aromatic N) is 4. The van der Waals surface area contributed by atoms with Crippen molar-refractivity contribution in [2.24, 2.45) is 0 Å². The zero-order valence-corrected chi connectivity index (χ0v) is 10.6. The minimum Gasteiger partial charge on any atom is -0.287 e. The van der Waals surface area contributed by atoms with Gasteiger partial charge in [-0.25, -0.2) is 0 Å². The van der Waals surface area contributed by atoms with Crippen LogP contribution in [0.5, 0.6) is 0 Å². The second-order valence-corrected chi connectivity index (χ2v) is 3.95. The van der Waals surface area contributed by atoms with Crippen molar-refractivity contribution in [3.05, 3.63) is 30.3 Å². The summed E-state index contributed by atoms with van der Waals surface area (Å²) in [4.78, 5) is 10.9. The van der Waals surface area contributed by atoms with Crippen molar-refractivity contribution in [1.29, 1.82) is 0 Å². The quantitative estimate of drug-likeness (QED) is 0.614. The van der Waals surface area contributed by atoms with E-state index in [1.54, 1.807) is 0 Å². The third-order valence-corrected chi connectivity index (χ3v) is 2.40. The van der Waals surface area contributed by atoms with Gasteiger partial charge in [0, 0.05) is 29.3 Å². The smallest absolute Gasteiger partial charge is 0.221 e. The van der Waals surface area contributed by atoms with Crippen molar-refractivity contribution in [3.8, 4) is 5.69 Å². The Bertz CT molecular complexity index is 473. The summed E-state index contributed by atoms with van der Waals surface area (Å²) in [6, 6.07) is 9.44. The topological polar surface area (TPSA) is 60.7 Å². The monoisotopic (exact) mass is 327 g/mol. The van der Waals surface area contributed by atoms with Crippen molar-refractivity contribution in [1.82, 2.24) is 20.2 Å². The number of tetrazole rings is 1. The Balaban J connectivity index is 0.00000128. The van der Waals surface area contributed by atoms with E-state index in [1.807, 2.05) is 30.3 Å². The van der Waals surface area contributed by atoms with Crippen LogP contribution in [0, 0.1) is 0 Å². The van der Waals surface area contributed by atoms with E-state index < -0.39 is 0 Å². The van der Waals surface area contributed by atoms with E-state index in [0.717, 1.165) is 17.4 Å². The van der Waals surface area contributed by atoms with E-state index >= 15 is 0 Å². The molecule has 1 heterocycles. The molecule has 0 fully saturated rings. The van der Waals surface area contributed by atoms with Gasteiger partial charge >= 0.3 is 0 Å². The van der Waals surface area contributed by atoms with Crippen LogP contribution >= 0.6 is 11.8 Å². The van der Waals surface area contributed by atoms with Gasteiger partial charge in [-0.05, 0) is 34.3 Å². The minimum atomic E-state index is -0.0398. The molecular formula is C9H8AgN4OS. The normalized spacial score (nSPS) is 9.56. The maximum absolute atomic E-state index is 10.9. The molecule has 1 radical (unpaired) electrons. The fourth-order valence-electron chi connectivity index (χ4n) is 1.10. The molecular weight excluding hydrogens is 320 g/mol. The molecule has 0 N–H and O–H groups in total. The number of hydrogen-bond acceptors (Lipinski definition) is 5. The summed E-state index contributed by atoms with van der Waals surface area (Å²) < 4.78 is 1.53. The Labute approximate surface area is 112 Å². The van der Waals surface area contributed by atoms with Crippen molar-refractivity contribution in [2.45, 2.75) is 12.1 Å².